The predicted molar refractivity (Wildman–Crippen MR) is 49.8 cm³/mol. The van der Waals surface area contributed by atoms with Crippen molar-refractivity contribution in [2.45, 2.75) is 13.8 Å². The molecule has 13 heavy (non-hydrogen) atoms. The molecule has 1 aromatic rings. The third-order valence-corrected chi connectivity index (χ3v) is 1.93. The molecular formula is C7H11N3O2S. The summed E-state index contributed by atoms with van der Waals surface area (Å²) >= 11 is 1.16. The van der Waals surface area contributed by atoms with Gasteiger partial charge in [-0.2, -0.15) is 4.37 Å². The van der Waals surface area contributed by atoms with Gasteiger partial charge in [-0.3, -0.25) is 10.1 Å². The maximum Gasteiger partial charge on any atom is 0.252 e. The number of hydrogen-bond donors (Lipinski definition) is 1. The fourth-order valence-electron chi connectivity index (χ4n) is 0.698. The minimum absolute atomic E-state index is 0.0646. The van der Waals surface area contributed by atoms with Crippen molar-refractivity contribution >= 4 is 22.6 Å². The van der Waals surface area contributed by atoms with Gasteiger partial charge >= 0.3 is 0 Å². The lowest BCUT2D eigenvalue weighted by molar-refractivity contribution is -0.120. The number of carbonyl (C=O) groups excluding carboxylic acids is 1. The van der Waals surface area contributed by atoms with Gasteiger partial charge in [0.1, 0.15) is 12.4 Å². The zero-order chi connectivity index (χ0) is 9.68. The fraction of sp³-hybridized carbons (Fsp3) is 0.571. The zero-order valence-electron chi connectivity index (χ0n) is 7.53. The Hall–Kier alpha value is -1.01. The lowest BCUT2D eigenvalue weighted by atomic mass is 10.6. The average molecular weight is 201 g/mol. The van der Waals surface area contributed by atoms with Gasteiger partial charge in [-0.25, -0.2) is 4.98 Å². The molecule has 6 heteroatoms. The van der Waals surface area contributed by atoms with Gasteiger partial charge in [0.05, 0.1) is 0 Å². The first-order valence-electron chi connectivity index (χ1n) is 3.90. The van der Waals surface area contributed by atoms with Crippen molar-refractivity contribution in [2.75, 3.05) is 18.5 Å². The van der Waals surface area contributed by atoms with Crippen molar-refractivity contribution in [2.24, 2.45) is 0 Å². The molecule has 0 aliphatic heterocycles. The molecule has 1 aromatic heterocycles. The van der Waals surface area contributed by atoms with Crippen molar-refractivity contribution in [1.29, 1.82) is 0 Å². The first-order chi connectivity index (χ1) is 6.22. The van der Waals surface area contributed by atoms with Crippen LogP contribution < -0.4 is 5.32 Å². The summed E-state index contributed by atoms with van der Waals surface area (Å²) in [5, 5.41) is 3.09. The van der Waals surface area contributed by atoms with Gasteiger partial charge in [0.25, 0.3) is 5.91 Å². The molecule has 0 aliphatic carbocycles. The van der Waals surface area contributed by atoms with E-state index < -0.39 is 0 Å². The third kappa shape index (κ3) is 3.47. The molecule has 0 radical (unpaired) electrons. The fourth-order valence-corrected chi connectivity index (χ4v) is 1.29. The molecule has 72 valence electrons. The van der Waals surface area contributed by atoms with Gasteiger partial charge in [0, 0.05) is 18.1 Å². The van der Waals surface area contributed by atoms with Crippen LogP contribution in [0.25, 0.3) is 0 Å². The number of nitrogens with one attached hydrogen (secondary N) is 1. The molecule has 5 nitrogen and oxygen atoms in total. The molecule has 0 atom stereocenters. The van der Waals surface area contributed by atoms with Gasteiger partial charge in [0.15, 0.2) is 0 Å². The van der Waals surface area contributed by atoms with E-state index >= 15 is 0 Å². The van der Waals surface area contributed by atoms with Gasteiger partial charge < -0.3 is 4.74 Å². The Morgan fingerprint density at radius 3 is 3.00 bits per heavy atom. The molecule has 0 spiro atoms. The van der Waals surface area contributed by atoms with Crippen molar-refractivity contribution in [3.8, 4) is 0 Å². The van der Waals surface area contributed by atoms with Crippen LogP contribution in [0.4, 0.5) is 5.13 Å². The summed E-state index contributed by atoms with van der Waals surface area (Å²) in [6, 6.07) is 0. The van der Waals surface area contributed by atoms with E-state index in [4.69, 9.17) is 4.74 Å². The number of amides is 1. The molecule has 0 fully saturated rings. The number of ether oxygens (including phenoxy) is 1. The Morgan fingerprint density at radius 1 is 1.69 bits per heavy atom. The predicted octanol–water partition coefficient (Wildman–Crippen LogP) is 0.822. The van der Waals surface area contributed by atoms with E-state index in [1.807, 2.05) is 6.92 Å². The molecule has 1 amide bonds. The highest BCUT2D eigenvalue weighted by atomic mass is 32.1. The lowest BCUT2D eigenvalue weighted by Crippen LogP contribution is -2.17. The summed E-state index contributed by atoms with van der Waals surface area (Å²) < 4.78 is 8.84. The van der Waals surface area contributed by atoms with Crippen LogP contribution in [0, 0.1) is 6.92 Å². The minimum atomic E-state index is -0.196. The van der Waals surface area contributed by atoms with Crippen molar-refractivity contribution in [3.63, 3.8) is 0 Å². The largest absolute Gasteiger partial charge is 0.372 e. The maximum absolute atomic E-state index is 11.1. The average Bonchev–Trinajstić information content (AvgIpc) is 2.48. The molecule has 0 saturated carbocycles. The highest BCUT2D eigenvalue weighted by molar-refractivity contribution is 7.09. The number of nitrogens with zero attached hydrogens (tertiary/aromatic N) is 2. The van der Waals surface area contributed by atoms with Gasteiger partial charge in [-0.15, -0.1) is 0 Å². The van der Waals surface area contributed by atoms with Gasteiger partial charge in [-0.1, -0.05) is 0 Å². The molecule has 1 heterocycles. The van der Waals surface area contributed by atoms with Crippen molar-refractivity contribution in [3.05, 3.63) is 5.82 Å². The standard InChI is InChI=1S/C7H11N3O2S/c1-3-12-4-6(11)9-7-8-5(2)10-13-7/h3-4H2,1-2H3,(H,8,9,10,11). The highest BCUT2D eigenvalue weighted by Gasteiger charge is 2.05. The molecule has 1 rings (SSSR count). The molecule has 0 saturated heterocycles. The number of aryl methyl sites for hydroxylation is 1. The van der Waals surface area contributed by atoms with Gasteiger partial charge in [0.2, 0.25) is 5.13 Å². The molecule has 0 bridgehead atoms. The normalized spacial score (nSPS) is 10.0. The second kappa shape index (κ2) is 4.88. The summed E-state index contributed by atoms with van der Waals surface area (Å²) in [7, 11) is 0. The highest BCUT2D eigenvalue weighted by Crippen LogP contribution is 2.09. The van der Waals surface area contributed by atoms with Crippen LogP contribution >= 0.6 is 11.5 Å². The van der Waals surface area contributed by atoms with E-state index in [0.717, 1.165) is 11.5 Å². The molecular weight excluding hydrogens is 190 g/mol. The van der Waals surface area contributed by atoms with E-state index in [0.29, 0.717) is 17.6 Å². The van der Waals surface area contributed by atoms with E-state index in [1.165, 1.54) is 0 Å². The van der Waals surface area contributed by atoms with Crippen molar-refractivity contribution < 1.29 is 9.53 Å². The topological polar surface area (TPSA) is 64.1 Å². The van der Waals surface area contributed by atoms with E-state index in [2.05, 4.69) is 14.7 Å². The second-order valence-electron chi connectivity index (χ2n) is 2.33. The maximum atomic E-state index is 11.1. The smallest absolute Gasteiger partial charge is 0.252 e. The first-order valence-corrected chi connectivity index (χ1v) is 4.67. The van der Waals surface area contributed by atoms with Crippen LogP contribution in [-0.2, 0) is 9.53 Å². The number of rotatable bonds is 4. The Morgan fingerprint density at radius 2 is 2.46 bits per heavy atom. The lowest BCUT2D eigenvalue weighted by Gasteiger charge is -1.99. The van der Waals surface area contributed by atoms with Gasteiger partial charge in [-0.05, 0) is 13.8 Å². The SMILES string of the molecule is CCOCC(=O)Nc1nc(C)ns1. The third-order valence-electron chi connectivity index (χ3n) is 1.21. The molecule has 1 N–H and O–H groups in total. The van der Waals surface area contributed by atoms with Crippen molar-refractivity contribution in [1.82, 2.24) is 9.36 Å². The monoisotopic (exact) mass is 201 g/mol. The van der Waals surface area contributed by atoms with Crippen LogP contribution in [0.5, 0.6) is 0 Å². The number of carbonyl (C=O) groups is 1. The summed E-state index contributed by atoms with van der Waals surface area (Å²) in [5.41, 5.74) is 0. The van der Waals surface area contributed by atoms with E-state index in [-0.39, 0.29) is 12.5 Å². The summed E-state index contributed by atoms with van der Waals surface area (Å²) in [4.78, 5) is 15.1. The Bertz CT molecular complexity index is 287. The summed E-state index contributed by atoms with van der Waals surface area (Å²) in [6.07, 6.45) is 0. The summed E-state index contributed by atoms with van der Waals surface area (Å²) in [6.45, 7) is 4.20. The summed E-state index contributed by atoms with van der Waals surface area (Å²) in [5.74, 6) is 0.467. The molecule has 0 aliphatic rings. The van der Waals surface area contributed by atoms with E-state index in [9.17, 15) is 4.79 Å². The second-order valence-corrected chi connectivity index (χ2v) is 3.08. The van der Waals surface area contributed by atoms with Crippen LogP contribution in [0.3, 0.4) is 0 Å². The number of aromatic nitrogens is 2. The Labute approximate surface area is 80.3 Å². The zero-order valence-corrected chi connectivity index (χ0v) is 8.35. The van der Waals surface area contributed by atoms with E-state index in [1.54, 1.807) is 6.92 Å². The Balaban J connectivity index is 2.36. The van der Waals surface area contributed by atoms with Crippen LogP contribution in [-0.4, -0.2) is 28.5 Å². The van der Waals surface area contributed by atoms with Crippen LogP contribution in [0.2, 0.25) is 0 Å². The van der Waals surface area contributed by atoms with Crippen LogP contribution in [0.15, 0.2) is 0 Å². The Kier molecular flexibility index (Phi) is 3.78. The minimum Gasteiger partial charge on any atom is -0.372 e. The quantitative estimate of drug-likeness (QED) is 0.783. The molecule has 0 aromatic carbocycles. The number of anilines is 1. The first kappa shape index (κ1) is 10.1. The number of hydrogen-bond acceptors (Lipinski definition) is 5. The van der Waals surface area contributed by atoms with Crippen LogP contribution in [0.1, 0.15) is 12.7 Å². The molecule has 0 unspecified atom stereocenters.